The Bertz CT molecular complexity index is 532. The Morgan fingerprint density at radius 3 is 2.71 bits per heavy atom. The lowest BCUT2D eigenvalue weighted by atomic mass is 10.2. The summed E-state index contributed by atoms with van der Waals surface area (Å²) in [6.07, 6.45) is 0.460. The minimum absolute atomic E-state index is 0.0433. The number of amides is 2. The Hall–Kier alpha value is -2.44. The second-order valence-corrected chi connectivity index (χ2v) is 4.71. The number of urea groups is 1. The Kier molecular flexibility index (Phi) is 4.86. The van der Waals surface area contributed by atoms with Crippen LogP contribution in [0.3, 0.4) is 0 Å². The maximum absolute atomic E-state index is 12.0. The van der Waals surface area contributed by atoms with Gasteiger partial charge < -0.3 is 24.8 Å². The molecule has 0 radical (unpaired) electrons. The minimum Gasteiger partial charge on any atom is -0.486 e. The van der Waals surface area contributed by atoms with Crippen molar-refractivity contribution in [3.63, 3.8) is 0 Å². The third-order valence-electron chi connectivity index (χ3n) is 3.02. The molecule has 2 amide bonds. The van der Waals surface area contributed by atoms with Gasteiger partial charge in [-0.3, -0.25) is 4.79 Å². The van der Waals surface area contributed by atoms with Crippen molar-refractivity contribution in [2.45, 2.75) is 12.8 Å². The molecule has 0 bridgehead atoms. The normalized spacial score (nSPS) is 12.6. The van der Waals surface area contributed by atoms with Crippen LogP contribution in [0.15, 0.2) is 18.2 Å². The monoisotopic (exact) mass is 294 g/mol. The lowest BCUT2D eigenvalue weighted by Gasteiger charge is -2.20. The van der Waals surface area contributed by atoms with Crippen LogP contribution in [0, 0.1) is 0 Å². The van der Waals surface area contributed by atoms with E-state index >= 15 is 0 Å². The van der Waals surface area contributed by atoms with Crippen LogP contribution < -0.4 is 14.8 Å². The molecule has 2 N–H and O–H groups in total. The number of hydrogen-bond donors (Lipinski definition) is 2. The Morgan fingerprint density at radius 1 is 1.29 bits per heavy atom. The molecule has 114 valence electrons. The molecular formula is C14H18N2O5. The first-order valence-corrected chi connectivity index (χ1v) is 6.70. The van der Waals surface area contributed by atoms with Gasteiger partial charge in [-0.1, -0.05) is 0 Å². The summed E-state index contributed by atoms with van der Waals surface area (Å²) in [4.78, 5) is 23.8. The van der Waals surface area contributed by atoms with Crippen molar-refractivity contribution in [1.82, 2.24) is 4.90 Å². The van der Waals surface area contributed by atoms with Crippen LogP contribution in [0.25, 0.3) is 0 Å². The summed E-state index contributed by atoms with van der Waals surface area (Å²) < 4.78 is 10.8. The van der Waals surface area contributed by atoms with Gasteiger partial charge in [-0.15, -0.1) is 0 Å². The highest BCUT2D eigenvalue weighted by Crippen LogP contribution is 2.32. The number of rotatable bonds is 5. The SMILES string of the molecule is CN(CCCC(=O)O)C(=O)Nc1ccc2c(c1)OCCO2. The van der Waals surface area contributed by atoms with E-state index < -0.39 is 5.97 Å². The van der Waals surface area contributed by atoms with Crippen LogP contribution in [-0.4, -0.2) is 48.8 Å². The molecule has 1 heterocycles. The summed E-state index contributed by atoms with van der Waals surface area (Å²) in [5.74, 6) is 0.400. The van der Waals surface area contributed by atoms with E-state index in [4.69, 9.17) is 14.6 Å². The van der Waals surface area contributed by atoms with Crippen molar-refractivity contribution >= 4 is 17.7 Å². The molecule has 0 fully saturated rings. The molecule has 0 aliphatic carbocycles. The minimum atomic E-state index is -0.865. The quantitative estimate of drug-likeness (QED) is 0.864. The summed E-state index contributed by atoms with van der Waals surface area (Å²) in [7, 11) is 1.62. The molecule has 0 atom stereocenters. The number of nitrogens with zero attached hydrogens (tertiary/aromatic N) is 1. The van der Waals surface area contributed by atoms with E-state index in [-0.39, 0.29) is 12.5 Å². The van der Waals surface area contributed by atoms with Crippen LogP contribution in [0.5, 0.6) is 11.5 Å². The van der Waals surface area contributed by atoms with Gasteiger partial charge in [0, 0.05) is 31.8 Å². The second-order valence-electron chi connectivity index (χ2n) is 4.71. The van der Waals surface area contributed by atoms with E-state index in [1.165, 1.54) is 4.90 Å². The van der Waals surface area contributed by atoms with Gasteiger partial charge in [0.2, 0.25) is 0 Å². The average molecular weight is 294 g/mol. The van der Waals surface area contributed by atoms with Gasteiger partial charge in [0.05, 0.1) is 0 Å². The molecule has 0 saturated heterocycles. The van der Waals surface area contributed by atoms with E-state index in [0.29, 0.717) is 43.4 Å². The van der Waals surface area contributed by atoms with Crippen molar-refractivity contribution in [3.05, 3.63) is 18.2 Å². The molecule has 7 nitrogen and oxygen atoms in total. The number of carbonyl (C=O) groups is 2. The number of carbonyl (C=O) groups excluding carboxylic acids is 1. The second kappa shape index (κ2) is 6.83. The summed E-state index contributed by atoms with van der Waals surface area (Å²) in [5, 5.41) is 11.3. The number of hydrogen-bond acceptors (Lipinski definition) is 4. The first kappa shape index (κ1) is 15.0. The molecule has 7 heteroatoms. The highest BCUT2D eigenvalue weighted by molar-refractivity contribution is 5.89. The fourth-order valence-electron chi connectivity index (χ4n) is 1.91. The van der Waals surface area contributed by atoms with E-state index in [9.17, 15) is 9.59 Å². The summed E-state index contributed by atoms with van der Waals surface area (Å²) in [6, 6.07) is 4.89. The molecule has 1 aromatic carbocycles. The third kappa shape index (κ3) is 4.27. The van der Waals surface area contributed by atoms with Crippen LogP contribution in [0.2, 0.25) is 0 Å². The van der Waals surface area contributed by atoms with Gasteiger partial charge in [0.15, 0.2) is 11.5 Å². The smallest absolute Gasteiger partial charge is 0.321 e. The third-order valence-corrected chi connectivity index (χ3v) is 3.02. The van der Waals surface area contributed by atoms with Crippen molar-refractivity contribution in [3.8, 4) is 11.5 Å². The van der Waals surface area contributed by atoms with E-state index in [1.807, 2.05) is 0 Å². The van der Waals surface area contributed by atoms with Crippen molar-refractivity contribution in [1.29, 1.82) is 0 Å². The molecule has 0 aromatic heterocycles. The number of carboxylic acids is 1. The molecule has 2 rings (SSSR count). The lowest BCUT2D eigenvalue weighted by molar-refractivity contribution is -0.137. The van der Waals surface area contributed by atoms with Gasteiger partial charge in [-0.05, 0) is 18.6 Å². The molecule has 1 aliphatic heterocycles. The fourth-order valence-corrected chi connectivity index (χ4v) is 1.91. The predicted octanol–water partition coefficient (Wildman–Crippen LogP) is 1.79. The molecule has 1 aromatic rings. The Labute approximate surface area is 122 Å². The van der Waals surface area contributed by atoms with Gasteiger partial charge in [-0.25, -0.2) is 4.79 Å². The number of aliphatic carboxylic acids is 1. The molecule has 21 heavy (non-hydrogen) atoms. The van der Waals surface area contributed by atoms with Crippen LogP contribution >= 0.6 is 0 Å². The predicted molar refractivity (Wildman–Crippen MR) is 76.0 cm³/mol. The number of ether oxygens (including phenoxy) is 2. The summed E-state index contributed by atoms with van der Waals surface area (Å²) in [5.41, 5.74) is 0.606. The zero-order chi connectivity index (χ0) is 15.2. The standard InChI is InChI=1S/C14H18N2O5/c1-16(6-2-3-13(17)18)14(19)15-10-4-5-11-12(9-10)21-8-7-20-11/h4-5,9H,2-3,6-8H2,1H3,(H,15,19)(H,17,18). The number of carboxylic acid groups (broad SMARTS) is 1. The number of nitrogens with one attached hydrogen (secondary N) is 1. The van der Waals surface area contributed by atoms with E-state index in [1.54, 1.807) is 25.2 Å². The summed E-state index contributed by atoms with van der Waals surface area (Å²) in [6.45, 7) is 1.38. The highest BCUT2D eigenvalue weighted by atomic mass is 16.6. The van der Waals surface area contributed by atoms with Crippen LogP contribution in [0.1, 0.15) is 12.8 Å². The van der Waals surface area contributed by atoms with Crippen LogP contribution in [-0.2, 0) is 4.79 Å². The largest absolute Gasteiger partial charge is 0.486 e. The van der Waals surface area contributed by atoms with Gasteiger partial charge in [-0.2, -0.15) is 0 Å². The number of anilines is 1. The fraction of sp³-hybridized carbons (Fsp3) is 0.429. The Balaban J connectivity index is 1.88. The van der Waals surface area contributed by atoms with E-state index in [0.717, 1.165) is 0 Å². The maximum atomic E-state index is 12.0. The van der Waals surface area contributed by atoms with Gasteiger partial charge >= 0.3 is 12.0 Å². The Morgan fingerprint density at radius 2 is 2.00 bits per heavy atom. The van der Waals surface area contributed by atoms with Crippen molar-refractivity contribution in [2.24, 2.45) is 0 Å². The zero-order valence-corrected chi connectivity index (χ0v) is 11.8. The molecule has 0 spiro atoms. The number of benzene rings is 1. The molecule has 0 saturated carbocycles. The average Bonchev–Trinajstić information content (AvgIpc) is 2.46. The van der Waals surface area contributed by atoms with Crippen molar-refractivity contribution < 1.29 is 24.2 Å². The van der Waals surface area contributed by atoms with Crippen molar-refractivity contribution in [2.75, 3.05) is 32.1 Å². The molecular weight excluding hydrogens is 276 g/mol. The molecule has 0 unspecified atom stereocenters. The van der Waals surface area contributed by atoms with Crippen LogP contribution in [0.4, 0.5) is 10.5 Å². The van der Waals surface area contributed by atoms with Gasteiger partial charge in [0.25, 0.3) is 0 Å². The van der Waals surface area contributed by atoms with Gasteiger partial charge in [0.1, 0.15) is 13.2 Å². The lowest BCUT2D eigenvalue weighted by Crippen LogP contribution is -2.32. The topological polar surface area (TPSA) is 88.1 Å². The summed E-state index contributed by atoms with van der Waals surface area (Å²) >= 11 is 0. The first-order chi connectivity index (χ1) is 10.1. The first-order valence-electron chi connectivity index (χ1n) is 6.70. The maximum Gasteiger partial charge on any atom is 0.321 e. The van der Waals surface area contributed by atoms with E-state index in [2.05, 4.69) is 5.32 Å². The zero-order valence-electron chi connectivity index (χ0n) is 11.8. The molecule has 1 aliphatic rings. The number of fused-ring (bicyclic) bond motifs is 1. The highest BCUT2D eigenvalue weighted by Gasteiger charge is 2.14.